The number of aldehydes is 1. The summed E-state index contributed by atoms with van der Waals surface area (Å²) in [5.74, 6) is 0.0849. The van der Waals surface area contributed by atoms with Gasteiger partial charge in [0.1, 0.15) is 0 Å². The lowest BCUT2D eigenvalue weighted by molar-refractivity contribution is -0.181. The Bertz CT molecular complexity index is 236. The van der Waals surface area contributed by atoms with Gasteiger partial charge in [0.2, 0.25) is 0 Å². The molecule has 72 valence electrons. The van der Waals surface area contributed by atoms with Crippen LogP contribution in [0.1, 0.15) is 38.5 Å². The normalized spacial score (nSPS) is 39.1. The van der Waals surface area contributed by atoms with Crippen LogP contribution in [0, 0.1) is 5.92 Å². The van der Waals surface area contributed by atoms with Crippen molar-refractivity contribution < 1.29 is 14.3 Å². The summed E-state index contributed by atoms with van der Waals surface area (Å²) in [7, 11) is 0. The Kier molecular flexibility index (Phi) is 2.10. The van der Waals surface area contributed by atoms with Crippen molar-refractivity contribution in [1.82, 2.24) is 0 Å². The molecule has 2 aliphatic rings. The van der Waals surface area contributed by atoms with Gasteiger partial charge in [0.05, 0.1) is 0 Å². The van der Waals surface area contributed by atoms with Crippen molar-refractivity contribution in [2.75, 3.05) is 0 Å². The molecule has 2 fully saturated rings. The number of hydrogen-bond donors (Lipinski definition) is 0. The van der Waals surface area contributed by atoms with Gasteiger partial charge in [-0.15, -0.1) is 0 Å². The number of rotatable bonds is 1. The Morgan fingerprint density at radius 2 is 2.23 bits per heavy atom. The third-order valence-corrected chi connectivity index (χ3v) is 3.26. The highest BCUT2D eigenvalue weighted by molar-refractivity contribution is 5.76. The lowest BCUT2D eigenvalue weighted by Crippen LogP contribution is -2.49. The number of carbonyl (C=O) groups is 2. The van der Waals surface area contributed by atoms with E-state index in [0.717, 1.165) is 38.4 Å². The Morgan fingerprint density at radius 1 is 1.38 bits per heavy atom. The molecule has 2 atom stereocenters. The summed E-state index contributed by atoms with van der Waals surface area (Å²) in [6.45, 7) is 0. The second-order valence-corrected chi connectivity index (χ2v) is 4.03. The van der Waals surface area contributed by atoms with E-state index in [9.17, 15) is 9.59 Å². The first-order valence-corrected chi connectivity index (χ1v) is 4.95. The topological polar surface area (TPSA) is 43.4 Å². The van der Waals surface area contributed by atoms with Crippen LogP contribution in [0.15, 0.2) is 0 Å². The van der Waals surface area contributed by atoms with E-state index in [4.69, 9.17) is 4.74 Å². The zero-order valence-corrected chi connectivity index (χ0v) is 7.62. The van der Waals surface area contributed by atoms with Crippen LogP contribution in [0.2, 0.25) is 0 Å². The van der Waals surface area contributed by atoms with E-state index in [2.05, 4.69) is 0 Å². The maximum absolute atomic E-state index is 11.1. The van der Waals surface area contributed by atoms with Crippen molar-refractivity contribution in [3.05, 3.63) is 0 Å². The predicted molar refractivity (Wildman–Crippen MR) is 46.1 cm³/mol. The summed E-state index contributed by atoms with van der Waals surface area (Å²) in [4.78, 5) is 22.1. The van der Waals surface area contributed by atoms with Gasteiger partial charge in [0.25, 0.3) is 0 Å². The molecule has 0 aromatic carbocycles. The SMILES string of the molecule is O=C[C@]12CCCC[C@@H]1CCC(=O)O2. The fourth-order valence-corrected chi connectivity index (χ4v) is 2.50. The van der Waals surface area contributed by atoms with Crippen LogP contribution in [-0.4, -0.2) is 17.9 Å². The molecule has 0 radical (unpaired) electrons. The number of ether oxygens (including phenoxy) is 1. The van der Waals surface area contributed by atoms with Crippen LogP contribution in [0.4, 0.5) is 0 Å². The third kappa shape index (κ3) is 1.36. The summed E-state index contributed by atoms with van der Waals surface area (Å²) >= 11 is 0. The molecule has 1 heterocycles. The highest BCUT2D eigenvalue weighted by Crippen LogP contribution is 2.41. The van der Waals surface area contributed by atoms with Gasteiger partial charge in [0.15, 0.2) is 11.9 Å². The minimum absolute atomic E-state index is 0.203. The molecule has 2 rings (SSSR count). The first-order chi connectivity index (χ1) is 6.27. The van der Waals surface area contributed by atoms with Gasteiger partial charge in [0, 0.05) is 12.3 Å². The molecule has 1 aliphatic heterocycles. The van der Waals surface area contributed by atoms with Crippen LogP contribution in [0.5, 0.6) is 0 Å². The lowest BCUT2D eigenvalue weighted by Gasteiger charge is -2.42. The Labute approximate surface area is 77.4 Å². The number of fused-ring (bicyclic) bond motifs is 1. The molecular formula is C10H14O3. The lowest BCUT2D eigenvalue weighted by atomic mass is 9.72. The highest BCUT2D eigenvalue weighted by atomic mass is 16.6. The van der Waals surface area contributed by atoms with Crippen molar-refractivity contribution in [2.24, 2.45) is 5.92 Å². The number of carbonyl (C=O) groups excluding carboxylic acids is 2. The fourth-order valence-electron chi connectivity index (χ4n) is 2.50. The summed E-state index contributed by atoms with van der Waals surface area (Å²) < 4.78 is 5.22. The minimum Gasteiger partial charge on any atom is -0.451 e. The second-order valence-electron chi connectivity index (χ2n) is 4.03. The summed E-state index contributed by atoms with van der Waals surface area (Å²) in [6, 6.07) is 0. The number of esters is 1. The van der Waals surface area contributed by atoms with E-state index in [1.54, 1.807) is 0 Å². The average Bonchev–Trinajstić information content (AvgIpc) is 2.17. The highest BCUT2D eigenvalue weighted by Gasteiger charge is 2.46. The Balaban J connectivity index is 2.21. The predicted octanol–water partition coefficient (Wildman–Crippen LogP) is 1.45. The molecule has 13 heavy (non-hydrogen) atoms. The molecule has 0 spiro atoms. The maximum atomic E-state index is 11.1. The molecule has 1 aliphatic carbocycles. The summed E-state index contributed by atoms with van der Waals surface area (Å²) in [5.41, 5.74) is -0.742. The van der Waals surface area contributed by atoms with E-state index in [1.165, 1.54) is 0 Å². The third-order valence-electron chi connectivity index (χ3n) is 3.26. The van der Waals surface area contributed by atoms with Gasteiger partial charge >= 0.3 is 5.97 Å². The van der Waals surface area contributed by atoms with Crippen LogP contribution in [0.3, 0.4) is 0 Å². The molecule has 0 amide bonds. The Hall–Kier alpha value is -0.860. The van der Waals surface area contributed by atoms with Crippen molar-refractivity contribution in [3.8, 4) is 0 Å². The zero-order valence-electron chi connectivity index (χ0n) is 7.62. The van der Waals surface area contributed by atoms with Crippen molar-refractivity contribution in [1.29, 1.82) is 0 Å². The molecule has 0 unspecified atom stereocenters. The van der Waals surface area contributed by atoms with E-state index in [0.29, 0.717) is 6.42 Å². The van der Waals surface area contributed by atoms with Crippen LogP contribution in [-0.2, 0) is 14.3 Å². The monoisotopic (exact) mass is 182 g/mol. The fraction of sp³-hybridized carbons (Fsp3) is 0.800. The van der Waals surface area contributed by atoms with Gasteiger partial charge < -0.3 is 4.74 Å². The van der Waals surface area contributed by atoms with Gasteiger partial charge in [-0.1, -0.05) is 6.42 Å². The first-order valence-electron chi connectivity index (χ1n) is 4.95. The van der Waals surface area contributed by atoms with Crippen LogP contribution < -0.4 is 0 Å². The van der Waals surface area contributed by atoms with Gasteiger partial charge in [-0.25, -0.2) is 0 Å². The van der Waals surface area contributed by atoms with E-state index in [-0.39, 0.29) is 11.9 Å². The quantitative estimate of drug-likeness (QED) is 0.455. The molecule has 0 bridgehead atoms. The number of hydrogen-bond acceptors (Lipinski definition) is 3. The maximum Gasteiger partial charge on any atom is 0.306 e. The summed E-state index contributed by atoms with van der Waals surface area (Å²) in [6.07, 6.45) is 6.10. The molecule has 1 saturated heterocycles. The standard InChI is InChI=1S/C10H14O3/c11-7-10-6-2-1-3-8(10)4-5-9(12)13-10/h7-8H,1-6H2/t8-,10-/m1/s1. The molecular weight excluding hydrogens is 168 g/mol. The minimum atomic E-state index is -0.742. The first kappa shape index (κ1) is 8.73. The van der Waals surface area contributed by atoms with Gasteiger partial charge in [-0.3, -0.25) is 9.59 Å². The molecule has 0 aromatic heterocycles. The van der Waals surface area contributed by atoms with Crippen LogP contribution in [0.25, 0.3) is 0 Å². The molecule has 3 heteroatoms. The van der Waals surface area contributed by atoms with Crippen LogP contribution >= 0.6 is 0 Å². The van der Waals surface area contributed by atoms with E-state index >= 15 is 0 Å². The summed E-state index contributed by atoms with van der Waals surface area (Å²) in [5, 5.41) is 0. The average molecular weight is 182 g/mol. The van der Waals surface area contributed by atoms with E-state index < -0.39 is 5.60 Å². The van der Waals surface area contributed by atoms with Crippen molar-refractivity contribution in [2.45, 2.75) is 44.1 Å². The molecule has 1 saturated carbocycles. The van der Waals surface area contributed by atoms with Gasteiger partial charge in [-0.05, 0) is 25.7 Å². The van der Waals surface area contributed by atoms with Crippen molar-refractivity contribution >= 4 is 12.3 Å². The molecule has 0 N–H and O–H groups in total. The second kappa shape index (κ2) is 3.13. The Morgan fingerprint density at radius 3 is 3.00 bits per heavy atom. The van der Waals surface area contributed by atoms with E-state index in [1.807, 2.05) is 0 Å². The molecule has 3 nitrogen and oxygen atoms in total. The van der Waals surface area contributed by atoms with Crippen molar-refractivity contribution in [3.63, 3.8) is 0 Å². The molecule has 0 aromatic rings. The largest absolute Gasteiger partial charge is 0.451 e. The van der Waals surface area contributed by atoms with Gasteiger partial charge in [-0.2, -0.15) is 0 Å². The zero-order chi connectivity index (χ0) is 9.31. The smallest absolute Gasteiger partial charge is 0.306 e.